The summed E-state index contributed by atoms with van der Waals surface area (Å²) in [6.07, 6.45) is 24.7. The highest BCUT2D eigenvalue weighted by molar-refractivity contribution is 5.89. The topological polar surface area (TPSA) is 52.6 Å². The minimum Gasteiger partial charge on any atom is -0.423 e. The predicted octanol–water partition coefficient (Wildman–Crippen LogP) is 12.5. The van der Waals surface area contributed by atoms with Crippen LogP contribution in [-0.2, 0) is 22.4 Å². The molecule has 4 heteroatoms. The number of ether oxygens (including phenoxy) is 2. The number of unbranched alkanes of at least 4 members (excludes halogenated alkanes) is 16. The molecule has 0 aromatic heterocycles. The Labute approximate surface area is 281 Å². The van der Waals surface area contributed by atoms with Gasteiger partial charge in [0.15, 0.2) is 0 Å². The van der Waals surface area contributed by atoms with E-state index in [0.717, 1.165) is 42.4 Å². The van der Waals surface area contributed by atoms with Crippen LogP contribution in [0.15, 0.2) is 60.7 Å². The zero-order chi connectivity index (χ0) is 33.6. The minimum atomic E-state index is -0.425. The van der Waals surface area contributed by atoms with Gasteiger partial charge in [0.25, 0.3) is 0 Å². The lowest BCUT2D eigenvalue weighted by atomic mass is 9.88. The van der Waals surface area contributed by atoms with Gasteiger partial charge in [-0.2, -0.15) is 0 Å². The molecule has 2 aromatic carbocycles. The summed E-state index contributed by atoms with van der Waals surface area (Å²) in [5.41, 5.74) is 5.39. The average Bonchev–Trinajstić information content (AvgIpc) is 3.04. The van der Waals surface area contributed by atoms with E-state index in [1.165, 1.54) is 108 Å². The predicted molar refractivity (Wildman–Crippen MR) is 195 cm³/mol. The van der Waals surface area contributed by atoms with Crippen molar-refractivity contribution in [3.8, 4) is 22.6 Å². The second-order valence-electron chi connectivity index (χ2n) is 13.1. The monoisotopic (exact) mass is 630 g/mol. The fourth-order valence-corrected chi connectivity index (χ4v) is 5.91. The summed E-state index contributed by atoms with van der Waals surface area (Å²) in [6, 6.07) is 11.7. The fraction of sp³-hybridized carbons (Fsp3) is 0.571. The molecule has 46 heavy (non-hydrogen) atoms. The number of hydrogen-bond donors (Lipinski definition) is 0. The van der Waals surface area contributed by atoms with Crippen LogP contribution in [0.3, 0.4) is 0 Å². The number of hydrogen-bond acceptors (Lipinski definition) is 4. The Morgan fingerprint density at radius 1 is 0.522 bits per heavy atom. The molecule has 254 valence electrons. The molecule has 2 rings (SSSR count). The zero-order valence-electron chi connectivity index (χ0n) is 29.7. The van der Waals surface area contributed by atoms with E-state index >= 15 is 0 Å². The lowest BCUT2D eigenvalue weighted by molar-refractivity contribution is -0.131. The molecule has 0 aliphatic heterocycles. The van der Waals surface area contributed by atoms with Crippen molar-refractivity contribution >= 4 is 11.9 Å². The molecule has 0 atom stereocenters. The summed E-state index contributed by atoms with van der Waals surface area (Å²) in [5.74, 6) is 0.359. The maximum atomic E-state index is 12.7. The van der Waals surface area contributed by atoms with Crippen molar-refractivity contribution < 1.29 is 19.1 Å². The number of rotatable bonds is 25. The van der Waals surface area contributed by atoms with Gasteiger partial charge in [-0.05, 0) is 80.0 Å². The van der Waals surface area contributed by atoms with Gasteiger partial charge in [0, 0.05) is 11.1 Å². The molecule has 0 radical (unpaired) electrons. The van der Waals surface area contributed by atoms with E-state index in [9.17, 15) is 9.59 Å². The van der Waals surface area contributed by atoms with E-state index < -0.39 is 5.97 Å². The second-order valence-corrected chi connectivity index (χ2v) is 13.1. The Balaban J connectivity index is 2.27. The summed E-state index contributed by atoms with van der Waals surface area (Å²) in [7, 11) is 0. The van der Waals surface area contributed by atoms with Gasteiger partial charge in [-0.1, -0.05) is 148 Å². The highest BCUT2D eigenvalue weighted by atomic mass is 16.5. The van der Waals surface area contributed by atoms with E-state index in [4.69, 9.17) is 9.47 Å². The molecule has 0 spiro atoms. The number of carbonyl (C=O) groups is 2. The molecular formula is C42H62O4. The Morgan fingerprint density at radius 2 is 0.935 bits per heavy atom. The van der Waals surface area contributed by atoms with Gasteiger partial charge < -0.3 is 9.47 Å². The average molecular weight is 631 g/mol. The molecule has 0 amide bonds. The van der Waals surface area contributed by atoms with Crippen LogP contribution in [0.2, 0.25) is 0 Å². The molecule has 2 aromatic rings. The molecule has 0 aliphatic rings. The normalized spacial score (nSPS) is 11.0. The van der Waals surface area contributed by atoms with Crippen molar-refractivity contribution in [3.63, 3.8) is 0 Å². The summed E-state index contributed by atoms with van der Waals surface area (Å²) >= 11 is 0. The Bertz CT molecular complexity index is 1210. The van der Waals surface area contributed by atoms with Gasteiger partial charge in [-0.3, -0.25) is 0 Å². The highest BCUT2D eigenvalue weighted by Crippen LogP contribution is 2.36. The smallest absolute Gasteiger partial charge is 0.338 e. The van der Waals surface area contributed by atoms with Gasteiger partial charge in [0.05, 0.1) is 0 Å². The van der Waals surface area contributed by atoms with Crippen LogP contribution in [0.25, 0.3) is 11.1 Å². The second kappa shape index (κ2) is 23.2. The molecule has 0 heterocycles. The van der Waals surface area contributed by atoms with E-state index in [0.29, 0.717) is 22.6 Å². The van der Waals surface area contributed by atoms with E-state index in [1.54, 1.807) is 13.8 Å². The van der Waals surface area contributed by atoms with E-state index in [1.807, 2.05) is 30.3 Å². The molecule has 4 nitrogen and oxygen atoms in total. The Hall–Kier alpha value is -3.14. The standard InChI is InChI=1S/C42H62O4/c1-7-9-11-13-15-17-19-21-23-25-38-37(35-27-29-36(30-28-35)45-41(43)33(3)4)31-32-40(46-42(44)34(5)6)39(38)26-24-22-20-18-16-14-12-10-8-2/h27-32H,3,5,7-26H2,1-2,4,6H3. The SMILES string of the molecule is C=C(C)C(=O)Oc1ccc(-c2ccc(OC(=O)C(=C)C)c(CCCCCCCCCCC)c2CCCCCCCCCCC)cc1. The van der Waals surface area contributed by atoms with Crippen molar-refractivity contribution in [1.82, 2.24) is 0 Å². The van der Waals surface area contributed by atoms with Crippen molar-refractivity contribution in [2.75, 3.05) is 0 Å². The lowest BCUT2D eigenvalue weighted by Gasteiger charge is -2.20. The molecule has 0 N–H and O–H groups in total. The summed E-state index contributed by atoms with van der Waals surface area (Å²) < 4.78 is 11.4. The Morgan fingerprint density at radius 3 is 1.39 bits per heavy atom. The van der Waals surface area contributed by atoms with Crippen LogP contribution in [0.4, 0.5) is 0 Å². The third kappa shape index (κ3) is 15.0. The van der Waals surface area contributed by atoms with Gasteiger partial charge in [-0.15, -0.1) is 0 Å². The molecular weight excluding hydrogens is 568 g/mol. The summed E-state index contributed by atoms with van der Waals surface area (Å²) in [5, 5.41) is 0. The first kappa shape index (κ1) is 39.0. The van der Waals surface area contributed by atoms with Crippen molar-refractivity contribution in [1.29, 1.82) is 0 Å². The molecule has 0 bridgehead atoms. The number of carbonyl (C=O) groups excluding carboxylic acids is 2. The van der Waals surface area contributed by atoms with E-state index in [-0.39, 0.29) is 5.97 Å². The van der Waals surface area contributed by atoms with Crippen molar-refractivity contribution in [2.45, 2.75) is 156 Å². The fourth-order valence-electron chi connectivity index (χ4n) is 5.91. The van der Waals surface area contributed by atoms with Gasteiger partial charge >= 0.3 is 11.9 Å². The van der Waals surface area contributed by atoms with Crippen LogP contribution in [0, 0.1) is 0 Å². The molecule has 0 fully saturated rings. The molecule has 0 saturated heterocycles. The minimum absolute atomic E-state index is 0.369. The number of benzene rings is 2. The van der Waals surface area contributed by atoms with Crippen LogP contribution in [-0.4, -0.2) is 11.9 Å². The van der Waals surface area contributed by atoms with Gasteiger partial charge in [0.2, 0.25) is 0 Å². The quantitative estimate of drug-likeness (QED) is 0.0474. The van der Waals surface area contributed by atoms with Crippen LogP contribution in [0.1, 0.15) is 154 Å². The third-order valence-corrected chi connectivity index (χ3v) is 8.72. The zero-order valence-corrected chi connectivity index (χ0v) is 29.7. The highest BCUT2D eigenvalue weighted by Gasteiger charge is 2.18. The molecule has 0 aliphatic carbocycles. The first-order valence-electron chi connectivity index (χ1n) is 18.3. The Kier molecular flexibility index (Phi) is 19.7. The first-order valence-corrected chi connectivity index (χ1v) is 18.3. The first-order chi connectivity index (χ1) is 22.3. The lowest BCUT2D eigenvalue weighted by Crippen LogP contribution is -2.11. The molecule has 0 unspecified atom stereocenters. The van der Waals surface area contributed by atoms with Gasteiger partial charge in [0.1, 0.15) is 11.5 Å². The maximum absolute atomic E-state index is 12.7. The van der Waals surface area contributed by atoms with Crippen LogP contribution >= 0.6 is 0 Å². The third-order valence-electron chi connectivity index (χ3n) is 8.72. The van der Waals surface area contributed by atoms with Crippen molar-refractivity contribution in [2.24, 2.45) is 0 Å². The van der Waals surface area contributed by atoms with Crippen LogP contribution < -0.4 is 9.47 Å². The van der Waals surface area contributed by atoms with Crippen LogP contribution in [0.5, 0.6) is 11.5 Å². The summed E-state index contributed by atoms with van der Waals surface area (Å²) in [6.45, 7) is 15.4. The number of esters is 2. The van der Waals surface area contributed by atoms with E-state index in [2.05, 4.69) is 33.1 Å². The maximum Gasteiger partial charge on any atom is 0.338 e. The van der Waals surface area contributed by atoms with Crippen molar-refractivity contribution in [3.05, 3.63) is 71.8 Å². The molecule has 0 saturated carbocycles. The largest absolute Gasteiger partial charge is 0.423 e. The van der Waals surface area contributed by atoms with Gasteiger partial charge in [-0.25, -0.2) is 9.59 Å². The summed E-state index contributed by atoms with van der Waals surface area (Å²) in [4.78, 5) is 24.7.